The Balaban J connectivity index is 0.938. The summed E-state index contributed by atoms with van der Waals surface area (Å²) < 4.78 is 5.56. The minimum absolute atomic E-state index is 1.23. The van der Waals surface area contributed by atoms with Crippen LogP contribution in [0.4, 0.5) is 0 Å². The number of hydrogen-bond donors (Lipinski definition) is 0. The molecule has 0 spiro atoms. The highest BCUT2D eigenvalue weighted by Crippen LogP contribution is 2.46. The SMILES string of the molecule is c1ccc(-c2ccc(-c3ccc(-c4ccc(-c5ccc6cc7sc8c9cc%10ccccc%10cc9sc8c7cc6c5)cc4)cc3)cc2)cc1. The third kappa shape index (κ3) is 4.65. The van der Waals surface area contributed by atoms with E-state index in [4.69, 9.17) is 0 Å². The summed E-state index contributed by atoms with van der Waals surface area (Å²) in [6, 6.07) is 62.4. The van der Waals surface area contributed by atoms with Crippen LogP contribution in [0.3, 0.4) is 0 Å². The summed E-state index contributed by atoms with van der Waals surface area (Å²) in [5.74, 6) is 0. The molecule has 0 saturated carbocycles. The number of hydrogen-bond acceptors (Lipinski definition) is 2. The summed E-state index contributed by atoms with van der Waals surface area (Å²) in [6.07, 6.45) is 0. The van der Waals surface area contributed by atoms with Crippen LogP contribution >= 0.6 is 22.7 Å². The Morgan fingerprint density at radius 3 is 1.10 bits per heavy atom. The van der Waals surface area contributed by atoms with E-state index < -0.39 is 0 Å². The summed E-state index contributed by atoms with van der Waals surface area (Å²) in [5, 5.41) is 7.96. The fraction of sp³-hybridized carbons (Fsp3) is 0. The van der Waals surface area contributed by atoms with Crippen LogP contribution in [-0.4, -0.2) is 0 Å². The van der Waals surface area contributed by atoms with E-state index in [0.717, 1.165) is 0 Å². The van der Waals surface area contributed by atoms with Gasteiger partial charge >= 0.3 is 0 Å². The zero-order chi connectivity index (χ0) is 31.6. The van der Waals surface area contributed by atoms with Crippen LogP contribution in [0.5, 0.6) is 0 Å². The molecule has 0 aliphatic carbocycles. The number of benzene rings is 8. The van der Waals surface area contributed by atoms with Gasteiger partial charge in [0.25, 0.3) is 0 Å². The summed E-state index contributed by atoms with van der Waals surface area (Å²) in [7, 11) is 0. The second-order valence-electron chi connectivity index (χ2n) is 12.6. The molecular formula is C46H28S2. The molecule has 0 atom stereocenters. The molecule has 224 valence electrons. The van der Waals surface area contributed by atoms with Gasteiger partial charge in [0.2, 0.25) is 0 Å². The van der Waals surface area contributed by atoms with Crippen molar-refractivity contribution in [2.24, 2.45) is 0 Å². The Morgan fingerprint density at radius 2 is 0.604 bits per heavy atom. The molecule has 2 aromatic heterocycles. The van der Waals surface area contributed by atoms with Gasteiger partial charge in [-0.05, 0) is 96.4 Å². The minimum atomic E-state index is 1.23. The molecule has 0 unspecified atom stereocenters. The van der Waals surface area contributed by atoms with E-state index in [0.29, 0.717) is 0 Å². The molecule has 48 heavy (non-hydrogen) atoms. The fourth-order valence-electron chi connectivity index (χ4n) is 7.06. The van der Waals surface area contributed by atoms with Crippen LogP contribution in [0.1, 0.15) is 0 Å². The van der Waals surface area contributed by atoms with Crippen LogP contribution in [0, 0.1) is 0 Å². The van der Waals surface area contributed by atoms with Crippen molar-refractivity contribution in [3.63, 3.8) is 0 Å². The molecule has 0 aliphatic heterocycles. The Kier molecular flexibility index (Phi) is 6.33. The lowest BCUT2D eigenvalue weighted by Crippen LogP contribution is -1.83. The van der Waals surface area contributed by atoms with Crippen molar-refractivity contribution < 1.29 is 0 Å². The van der Waals surface area contributed by atoms with Gasteiger partial charge in [-0.1, -0.05) is 140 Å². The van der Waals surface area contributed by atoms with E-state index in [9.17, 15) is 0 Å². The zero-order valence-electron chi connectivity index (χ0n) is 26.0. The lowest BCUT2D eigenvalue weighted by molar-refractivity contribution is 1.57. The first-order valence-electron chi connectivity index (χ1n) is 16.3. The lowest BCUT2D eigenvalue weighted by Gasteiger charge is -2.09. The van der Waals surface area contributed by atoms with E-state index in [-0.39, 0.29) is 0 Å². The quantitative estimate of drug-likeness (QED) is 0.179. The molecule has 0 fully saturated rings. The normalized spacial score (nSPS) is 11.8. The Morgan fingerprint density at radius 1 is 0.250 bits per heavy atom. The molecule has 10 aromatic rings. The van der Waals surface area contributed by atoms with Gasteiger partial charge in [-0.25, -0.2) is 0 Å². The Labute approximate surface area is 286 Å². The largest absolute Gasteiger partial charge is 0.134 e. The van der Waals surface area contributed by atoms with Gasteiger partial charge < -0.3 is 0 Å². The van der Waals surface area contributed by atoms with Gasteiger partial charge in [-0.15, -0.1) is 22.7 Å². The second kappa shape index (κ2) is 11.0. The first kappa shape index (κ1) is 27.6. The predicted octanol–water partition coefficient (Wildman–Crippen LogP) is 14.2. The van der Waals surface area contributed by atoms with E-state index >= 15 is 0 Å². The smallest absolute Gasteiger partial charge is 0.0542 e. The van der Waals surface area contributed by atoms with Crippen molar-refractivity contribution >= 4 is 73.8 Å². The van der Waals surface area contributed by atoms with Gasteiger partial charge in [0.05, 0.1) is 9.40 Å². The van der Waals surface area contributed by atoms with Crippen molar-refractivity contribution in [2.75, 3.05) is 0 Å². The molecule has 8 aromatic carbocycles. The molecule has 2 heterocycles. The van der Waals surface area contributed by atoms with Crippen molar-refractivity contribution in [1.82, 2.24) is 0 Å². The molecule has 2 heteroatoms. The minimum Gasteiger partial charge on any atom is -0.134 e. The predicted molar refractivity (Wildman–Crippen MR) is 211 cm³/mol. The molecule has 0 bridgehead atoms. The summed E-state index contributed by atoms with van der Waals surface area (Å²) >= 11 is 3.86. The number of fused-ring (bicyclic) bond motifs is 7. The Hall–Kier alpha value is -5.54. The van der Waals surface area contributed by atoms with Crippen LogP contribution in [0.2, 0.25) is 0 Å². The van der Waals surface area contributed by atoms with Crippen LogP contribution < -0.4 is 0 Å². The molecule has 0 nitrogen and oxygen atoms in total. The van der Waals surface area contributed by atoms with Crippen molar-refractivity contribution in [3.8, 4) is 44.5 Å². The van der Waals surface area contributed by atoms with Crippen molar-refractivity contribution in [3.05, 3.63) is 170 Å². The monoisotopic (exact) mass is 644 g/mol. The molecule has 0 aliphatic rings. The highest BCUT2D eigenvalue weighted by Gasteiger charge is 2.14. The van der Waals surface area contributed by atoms with Crippen LogP contribution in [-0.2, 0) is 0 Å². The van der Waals surface area contributed by atoms with Gasteiger partial charge in [-0.2, -0.15) is 0 Å². The average molecular weight is 645 g/mol. The van der Waals surface area contributed by atoms with Crippen LogP contribution in [0.25, 0.3) is 95.6 Å². The average Bonchev–Trinajstić information content (AvgIpc) is 3.68. The first-order chi connectivity index (χ1) is 23.7. The van der Waals surface area contributed by atoms with E-state index in [2.05, 4.69) is 170 Å². The maximum atomic E-state index is 2.41. The van der Waals surface area contributed by atoms with Gasteiger partial charge in [0.1, 0.15) is 0 Å². The number of thiophene rings is 2. The second-order valence-corrected chi connectivity index (χ2v) is 14.7. The lowest BCUT2D eigenvalue weighted by atomic mass is 9.96. The first-order valence-corrected chi connectivity index (χ1v) is 17.9. The molecule has 0 radical (unpaired) electrons. The highest BCUT2D eigenvalue weighted by atomic mass is 32.1. The molecule has 10 rings (SSSR count). The van der Waals surface area contributed by atoms with Crippen molar-refractivity contribution in [2.45, 2.75) is 0 Å². The number of rotatable bonds is 4. The zero-order valence-corrected chi connectivity index (χ0v) is 27.6. The van der Waals surface area contributed by atoms with Crippen LogP contribution in [0.15, 0.2) is 170 Å². The van der Waals surface area contributed by atoms with Gasteiger partial charge in [0.15, 0.2) is 0 Å². The highest BCUT2D eigenvalue weighted by molar-refractivity contribution is 7.36. The van der Waals surface area contributed by atoms with Crippen molar-refractivity contribution in [1.29, 1.82) is 0 Å². The third-order valence-electron chi connectivity index (χ3n) is 9.67. The molecular weight excluding hydrogens is 617 g/mol. The molecule has 0 amide bonds. The van der Waals surface area contributed by atoms with Gasteiger partial charge in [0, 0.05) is 20.2 Å². The topological polar surface area (TPSA) is 0 Å². The maximum absolute atomic E-state index is 2.41. The molecule has 0 saturated heterocycles. The van der Waals surface area contributed by atoms with E-state index in [1.807, 2.05) is 22.7 Å². The molecule has 0 N–H and O–H groups in total. The summed E-state index contributed by atoms with van der Waals surface area (Å²) in [5.41, 5.74) is 9.88. The van der Waals surface area contributed by atoms with E-state index in [1.165, 1.54) is 95.6 Å². The maximum Gasteiger partial charge on any atom is 0.0542 e. The standard InChI is InChI=1S/C46H28S2/c1-2-6-29(7-3-1)30-10-12-31(13-11-30)32-14-16-33(17-15-32)34-18-20-35(21-19-34)38-22-23-39-28-44-42(26-40(39)24-38)46-45(48-44)41-25-36-8-4-5-9-37(36)27-43(41)47-46/h1-28H. The summed E-state index contributed by atoms with van der Waals surface area (Å²) in [6.45, 7) is 0. The van der Waals surface area contributed by atoms with Gasteiger partial charge in [-0.3, -0.25) is 0 Å². The summed E-state index contributed by atoms with van der Waals surface area (Å²) in [4.78, 5) is 0. The fourth-order valence-corrected chi connectivity index (χ4v) is 9.76. The third-order valence-corrected chi connectivity index (χ3v) is 12.2. The van der Waals surface area contributed by atoms with E-state index in [1.54, 1.807) is 0 Å². The Bertz CT molecular complexity index is 2780.